The standard InChI is InChI=1S/C32H39N3O4S/c1-3-27(32(37)33-26-15-5-4-6-16-26)34(22-24-12-7-11-23(2)21-24)30(36)19-10-20-35-28-17-8-13-25-14-9-18-29(31(25)28)40(35,38)39/h7-9,11-14,17-18,21,26-27H,3-6,10,15-16,19-20,22H2,1-2H3,(H,33,37)/t27-/m0/s1. The Balaban J connectivity index is 1.32. The van der Waals surface area contributed by atoms with Crippen molar-refractivity contribution in [1.29, 1.82) is 0 Å². The van der Waals surface area contributed by atoms with Gasteiger partial charge in [0.05, 0.1) is 10.6 Å². The fourth-order valence-corrected chi connectivity index (χ4v) is 7.94. The van der Waals surface area contributed by atoms with Gasteiger partial charge in [-0.15, -0.1) is 0 Å². The quantitative estimate of drug-likeness (QED) is 0.344. The predicted octanol–water partition coefficient (Wildman–Crippen LogP) is 5.69. The lowest BCUT2D eigenvalue weighted by molar-refractivity contribution is -0.141. The third-order valence-electron chi connectivity index (χ3n) is 8.21. The van der Waals surface area contributed by atoms with E-state index < -0.39 is 16.1 Å². The summed E-state index contributed by atoms with van der Waals surface area (Å²) < 4.78 is 28.1. The average Bonchev–Trinajstić information content (AvgIpc) is 3.16. The zero-order valence-electron chi connectivity index (χ0n) is 23.4. The Morgan fingerprint density at radius 2 is 1.75 bits per heavy atom. The topological polar surface area (TPSA) is 86.8 Å². The lowest BCUT2D eigenvalue weighted by atomic mass is 9.95. The van der Waals surface area contributed by atoms with E-state index in [1.165, 1.54) is 10.7 Å². The highest BCUT2D eigenvalue weighted by Crippen LogP contribution is 2.42. The molecule has 7 nitrogen and oxygen atoms in total. The molecule has 0 saturated heterocycles. The molecule has 0 spiro atoms. The van der Waals surface area contributed by atoms with Crippen LogP contribution >= 0.6 is 0 Å². The van der Waals surface area contributed by atoms with E-state index in [0.717, 1.165) is 47.6 Å². The minimum Gasteiger partial charge on any atom is -0.352 e. The van der Waals surface area contributed by atoms with Crippen molar-refractivity contribution in [2.24, 2.45) is 0 Å². The number of hydrogen-bond donors (Lipinski definition) is 1. The second-order valence-corrected chi connectivity index (χ2v) is 12.9. The Bertz CT molecular complexity index is 1490. The molecular formula is C32H39N3O4S. The molecule has 3 aromatic carbocycles. The Kier molecular flexibility index (Phi) is 8.45. The van der Waals surface area contributed by atoms with Crippen LogP contribution in [0.5, 0.6) is 0 Å². The van der Waals surface area contributed by atoms with Crippen molar-refractivity contribution in [3.8, 4) is 0 Å². The molecule has 1 fully saturated rings. The van der Waals surface area contributed by atoms with Gasteiger partial charge in [0.2, 0.25) is 11.8 Å². The summed E-state index contributed by atoms with van der Waals surface area (Å²) in [4.78, 5) is 29.2. The summed E-state index contributed by atoms with van der Waals surface area (Å²) in [5, 5.41) is 4.84. The molecule has 0 bridgehead atoms. The highest BCUT2D eigenvalue weighted by atomic mass is 32.2. The monoisotopic (exact) mass is 561 g/mol. The van der Waals surface area contributed by atoms with Gasteiger partial charge in [0, 0.05) is 30.9 Å². The van der Waals surface area contributed by atoms with Crippen LogP contribution in [-0.4, -0.2) is 43.8 Å². The minimum atomic E-state index is -3.68. The van der Waals surface area contributed by atoms with Crippen molar-refractivity contribution in [3.63, 3.8) is 0 Å². The molecule has 2 amide bonds. The summed E-state index contributed by atoms with van der Waals surface area (Å²) in [5.41, 5.74) is 2.73. The fourth-order valence-electron chi connectivity index (χ4n) is 6.19. The molecule has 1 saturated carbocycles. The smallest absolute Gasteiger partial charge is 0.265 e. The first-order valence-electron chi connectivity index (χ1n) is 14.5. The van der Waals surface area contributed by atoms with Crippen LogP contribution in [0.25, 0.3) is 10.8 Å². The molecule has 212 valence electrons. The van der Waals surface area contributed by atoms with E-state index in [1.807, 2.05) is 62.4 Å². The van der Waals surface area contributed by atoms with E-state index >= 15 is 0 Å². The van der Waals surface area contributed by atoms with Crippen LogP contribution in [0.3, 0.4) is 0 Å². The summed E-state index contributed by atoms with van der Waals surface area (Å²) in [6.45, 7) is 4.49. The van der Waals surface area contributed by atoms with Gasteiger partial charge in [0.25, 0.3) is 10.0 Å². The second-order valence-electron chi connectivity index (χ2n) is 11.1. The van der Waals surface area contributed by atoms with Gasteiger partial charge in [0.1, 0.15) is 6.04 Å². The number of aryl methyl sites for hydroxylation is 1. The van der Waals surface area contributed by atoms with Crippen LogP contribution in [0.1, 0.15) is 69.4 Å². The van der Waals surface area contributed by atoms with Crippen molar-refractivity contribution in [1.82, 2.24) is 10.2 Å². The maximum Gasteiger partial charge on any atom is 0.265 e. The highest BCUT2D eigenvalue weighted by Gasteiger charge is 2.36. The first-order valence-corrected chi connectivity index (χ1v) is 15.9. The number of carbonyl (C=O) groups excluding carboxylic acids is 2. The summed E-state index contributed by atoms with van der Waals surface area (Å²) >= 11 is 0. The molecule has 0 radical (unpaired) electrons. The summed E-state index contributed by atoms with van der Waals surface area (Å²) in [5.74, 6) is -0.237. The average molecular weight is 562 g/mol. The highest BCUT2D eigenvalue weighted by molar-refractivity contribution is 7.93. The van der Waals surface area contributed by atoms with E-state index in [0.29, 0.717) is 30.0 Å². The molecule has 2 aliphatic rings. The van der Waals surface area contributed by atoms with Crippen LogP contribution in [0.15, 0.2) is 65.6 Å². The van der Waals surface area contributed by atoms with Crippen molar-refractivity contribution >= 4 is 38.3 Å². The van der Waals surface area contributed by atoms with E-state index in [2.05, 4.69) is 5.32 Å². The number of sulfonamides is 1. The van der Waals surface area contributed by atoms with Gasteiger partial charge in [-0.3, -0.25) is 13.9 Å². The van der Waals surface area contributed by atoms with Crippen molar-refractivity contribution in [2.75, 3.05) is 10.8 Å². The predicted molar refractivity (Wildman–Crippen MR) is 159 cm³/mol. The van der Waals surface area contributed by atoms with Crippen molar-refractivity contribution in [2.45, 2.75) is 88.7 Å². The van der Waals surface area contributed by atoms with E-state index in [9.17, 15) is 18.0 Å². The minimum absolute atomic E-state index is 0.0975. The first kappa shape index (κ1) is 28.1. The second kappa shape index (κ2) is 12.0. The van der Waals surface area contributed by atoms with Crippen LogP contribution in [0.2, 0.25) is 0 Å². The SMILES string of the molecule is CC[C@@H](C(=O)NC1CCCCC1)N(Cc1cccc(C)c1)C(=O)CCCN1c2cccc3cccc(c23)S1(=O)=O. The van der Waals surface area contributed by atoms with E-state index in [4.69, 9.17) is 0 Å². The van der Waals surface area contributed by atoms with Crippen LogP contribution in [0, 0.1) is 6.92 Å². The third-order valence-corrected chi connectivity index (χ3v) is 10.1. The molecule has 1 atom stereocenters. The lowest BCUT2D eigenvalue weighted by Crippen LogP contribution is -2.51. The van der Waals surface area contributed by atoms with E-state index in [1.54, 1.807) is 17.0 Å². The molecule has 1 aliphatic carbocycles. The van der Waals surface area contributed by atoms with Gasteiger partial charge in [0.15, 0.2) is 0 Å². The Labute approximate surface area is 237 Å². The van der Waals surface area contributed by atoms with Gasteiger partial charge in [-0.1, -0.05) is 80.3 Å². The normalized spacial score (nSPS) is 17.1. The van der Waals surface area contributed by atoms with Crippen molar-refractivity contribution in [3.05, 3.63) is 71.8 Å². The Morgan fingerprint density at radius 1 is 1.02 bits per heavy atom. The maximum atomic E-state index is 13.8. The van der Waals surface area contributed by atoms with Crippen molar-refractivity contribution < 1.29 is 18.0 Å². The van der Waals surface area contributed by atoms with Gasteiger partial charge >= 0.3 is 0 Å². The van der Waals surface area contributed by atoms with Crippen LogP contribution in [0.4, 0.5) is 5.69 Å². The zero-order chi connectivity index (χ0) is 28.3. The third kappa shape index (κ3) is 5.73. The molecule has 1 N–H and O–H groups in total. The number of rotatable bonds is 10. The molecule has 3 aromatic rings. The molecule has 1 aliphatic heterocycles. The first-order chi connectivity index (χ1) is 19.3. The summed E-state index contributed by atoms with van der Waals surface area (Å²) in [6.07, 6.45) is 6.41. The summed E-state index contributed by atoms with van der Waals surface area (Å²) in [7, 11) is -3.68. The Hall–Kier alpha value is -3.39. The number of carbonyl (C=O) groups is 2. The largest absolute Gasteiger partial charge is 0.352 e. The number of nitrogens with zero attached hydrogens (tertiary/aromatic N) is 2. The molecule has 0 unspecified atom stereocenters. The number of hydrogen-bond acceptors (Lipinski definition) is 4. The van der Waals surface area contributed by atoms with Gasteiger partial charge in [-0.05, 0) is 55.7 Å². The number of amides is 2. The summed E-state index contributed by atoms with van der Waals surface area (Å²) in [6, 6.07) is 18.5. The number of benzene rings is 3. The number of nitrogens with one attached hydrogen (secondary N) is 1. The molecule has 0 aromatic heterocycles. The van der Waals surface area contributed by atoms with E-state index in [-0.39, 0.29) is 30.8 Å². The fraction of sp³-hybridized carbons (Fsp3) is 0.438. The van der Waals surface area contributed by atoms with Gasteiger partial charge in [-0.25, -0.2) is 8.42 Å². The molecular weight excluding hydrogens is 522 g/mol. The lowest BCUT2D eigenvalue weighted by Gasteiger charge is -2.33. The Morgan fingerprint density at radius 3 is 2.48 bits per heavy atom. The molecule has 8 heteroatoms. The molecule has 5 rings (SSSR count). The molecule has 1 heterocycles. The molecule has 40 heavy (non-hydrogen) atoms. The van der Waals surface area contributed by atoms with Crippen LogP contribution in [-0.2, 0) is 26.2 Å². The van der Waals surface area contributed by atoms with Crippen LogP contribution < -0.4 is 9.62 Å². The number of anilines is 1. The maximum absolute atomic E-state index is 13.8. The van der Waals surface area contributed by atoms with Gasteiger partial charge < -0.3 is 10.2 Å². The zero-order valence-corrected chi connectivity index (χ0v) is 24.3. The van der Waals surface area contributed by atoms with Gasteiger partial charge in [-0.2, -0.15) is 0 Å².